The first-order chi connectivity index (χ1) is 9.72. The highest BCUT2D eigenvalue weighted by Gasteiger charge is 2.26. The molecule has 1 amide bonds. The van der Waals surface area contributed by atoms with Crippen LogP contribution in [0.15, 0.2) is 23.1 Å². The molecule has 0 spiro atoms. The quantitative estimate of drug-likeness (QED) is 0.764. The maximum atomic E-state index is 13.2. The van der Waals surface area contributed by atoms with Crippen molar-refractivity contribution < 1.29 is 17.6 Å². The standard InChI is InChI=1S/C13H20FN3O3S/c1-4-17(5-2)13(18)9(3)16-21(19,20)12-8-10(14)6-7-11(12)15/h6-9,16H,4-5,15H2,1-3H3. The zero-order chi connectivity index (χ0) is 16.2. The van der Waals surface area contributed by atoms with Gasteiger partial charge in [-0.25, -0.2) is 12.8 Å². The summed E-state index contributed by atoms with van der Waals surface area (Å²) >= 11 is 0. The van der Waals surface area contributed by atoms with Crippen molar-refractivity contribution in [1.82, 2.24) is 9.62 Å². The molecule has 3 N–H and O–H groups in total. The minimum atomic E-state index is -4.07. The lowest BCUT2D eigenvalue weighted by atomic mass is 10.3. The Morgan fingerprint density at radius 2 is 1.95 bits per heavy atom. The third-order valence-electron chi connectivity index (χ3n) is 3.04. The van der Waals surface area contributed by atoms with E-state index >= 15 is 0 Å². The number of nitrogen functional groups attached to an aromatic ring is 1. The smallest absolute Gasteiger partial charge is 0.243 e. The van der Waals surface area contributed by atoms with Gasteiger partial charge in [-0.15, -0.1) is 0 Å². The lowest BCUT2D eigenvalue weighted by Gasteiger charge is -2.23. The number of carbonyl (C=O) groups excluding carboxylic acids is 1. The predicted octanol–water partition coefficient (Wildman–Crippen LogP) is 0.943. The van der Waals surface area contributed by atoms with Crippen LogP contribution >= 0.6 is 0 Å². The van der Waals surface area contributed by atoms with Crippen molar-refractivity contribution in [1.29, 1.82) is 0 Å². The molecule has 0 fully saturated rings. The Labute approximate surface area is 124 Å². The molecule has 0 saturated heterocycles. The van der Waals surface area contributed by atoms with Gasteiger partial charge < -0.3 is 10.6 Å². The van der Waals surface area contributed by atoms with Crippen LogP contribution in [0.2, 0.25) is 0 Å². The summed E-state index contributed by atoms with van der Waals surface area (Å²) in [6.45, 7) is 5.99. The van der Waals surface area contributed by atoms with Crippen molar-refractivity contribution in [3.63, 3.8) is 0 Å². The zero-order valence-electron chi connectivity index (χ0n) is 12.3. The van der Waals surface area contributed by atoms with E-state index in [-0.39, 0.29) is 16.5 Å². The summed E-state index contributed by atoms with van der Waals surface area (Å²) in [6.07, 6.45) is 0. The van der Waals surface area contributed by atoms with Crippen LogP contribution in [0, 0.1) is 5.82 Å². The van der Waals surface area contributed by atoms with Gasteiger partial charge in [0.25, 0.3) is 0 Å². The van der Waals surface area contributed by atoms with Gasteiger partial charge in [0.05, 0.1) is 11.7 Å². The van der Waals surface area contributed by atoms with E-state index in [1.54, 1.807) is 13.8 Å². The first-order valence-electron chi connectivity index (χ1n) is 6.59. The number of benzene rings is 1. The number of rotatable bonds is 6. The van der Waals surface area contributed by atoms with E-state index in [0.717, 1.165) is 12.1 Å². The van der Waals surface area contributed by atoms with Gasteiger partial charge in [0.1, 0.15) is 10.7 Å². The molecule has 1 rings (SSSR count). The molecule has 8 heteroatoms. The molecule has 0 aliphatic heterocycles. The number of nitrogens with zero attached hydrogens (tertiary/aromatic N) is 1. The van der Waals surface area contributed by atoms with Gasteiger partial charge in [-0.3, -0.25) is 4.79 Å². The van der Waals surface area contributed by atoms with Crippen LogP contribution in [0.1, 0.15) is 20.8 Å². The lowest BCUT2D eigenvalue weighted by Crippen LogP contribution is -2.46. The normalized spacial score (nSPS) is 13.0. The molecule has 1 atom stereocenters. The van der Waals surface area contributed by atoms with Gasteiger partial charge in [0.15, 0.2) is 0 Å². The monoisotopic (exact) mass is 317 g/mol. The molecule has 6 nitrogen and oxygen atoms in total. The Morgan fingerprint density at radius 1 is 1.38 bits per heavy atom. The van der Waals surface area contributed by atoms with E-state index in [0.29, 0.717) is 13.1 Å². The van der Waals surface area contributed by atoms with E-state index in [9.17, 15) is 17.6 Å². The molecule has 1 aromatic carbocycles. The number of sulfonamides is 1. The van der Waals surface area contributed by atoms with Crippen LogP contribution in [-0.4, -0.2) is 38.4 Å². The number of hydrogen-bond acceptors (Lipinski definition) is 4. The highest BCUT2D eigenvalue weighted by molar-refractivity contribution is 7.89. The third kappa shape index (κ3) is 4.15. The number of nitrogens with two attached hydrogens (primary N) is 1. The second-order valence-corrected chi connectivity index (χ2v) is 6.22. The summed E-state index contributed by atoms with van der Waals surface area (Å²) in [4.78, 5) is 13.2. The molecule has 0 radical (unpaired) electrons. The number of anilines is 1. The van der Waals surface area contributed by atoms with E-state index in [1.807, 2.05) is 0 Å². The molecule has 0 heterocycles. The summed E-state index contributed by atoms with van der Waals surface area (Å²) in [5.74, 6) is -1.06. The predicted molar refractivity (Wildman–Crippen MR) is 78.5 cm³/mol. The molecule has 0 bridgehead atoms. The van der Waals surface area contributed by atoms with Crippen molar-refractivity contribution in [2.75, 3.05) is 18.8 Å². The maximum Gasteiger partial charge on any atom is 0.243 e. The highest BCUT2D eigenvalue weighted by atomic mass is 32.2. The fourth-order valence-corrected chi connectivity index (χ4v) is 3.24. The van der Waals surface area contributed by atoms with E-state index in [2.05, 4.69) is 4.72 Å². The van der Waals surface area contributed by atoms with Crippen molar-refractivity contribution in [3.05, 3.63) is 24.0 Å². The van der Waals surface area contributed by atoms with Crippen LogP contribution in [0.25, 0.3) is 0 Å². The SMILES string of the molecule is CCN(CC)C(=O)C(C)NS(=O)(=O)c1cc(F)ccc1N. The molecule has 0 aromatic heterocycles. The number of likely N-dealkylation sites (N-methyl/N-ethyl adjacent to an activating group) is 1. The molecule has 0 aliphatic rings. The number of hydrogen-bond donors (Lipinski definition) is 2. The Kier molecular flexibility index (Phi) is 5.68. The fourth-order valence-electron chi connectivity index (χ4n) is 1.90. The molecule has 0 saturated carbocycles. The molecule has 0 aliphatic carbocycles. The van der Waals surface area contributed by atoms with Gasteiger partial charge in [0.2, 0.25) is 15.9 Å². The summed E-state index contributed by atoms with van der Waals surface area (Å²) in [5, 5.41) is 0. The number of carbonyl (C=O) groups is 1. The van der Waals surface area contributed by atoms with Crippen LogP contribution in [-0.2, 0) is 14.8 Å². The summed E-state index contributed by atoms with van der Waals surface area (Å²) in [5.41, 5.74) is 5.48. The summed E-state index contributed by atoms with van der Waals surface area (Å²) < 4.78 is 39.8. The molecule has 118 valence electrons. The van der Waals surface area contributed by atoms with Gasteiger partial charge >= 0.3 is 0 Å². The lowest BCUT2D eigenvalue weighted by molar-refractivity contribution is -0.132. The first kappa shape index (κ1) is 17.4. The topological polar surface area (TPSA) is 92.5 Å². The Morgan fingerprint density at radius 3 is 2.48 bits per heavy atom. The van der Waals surface area contributed by atoms with Gasteiger partial charge in [-0.1, -0.05) is 0 Å². The average Bonchev–Trinajstić information content (AvgIpc) is 2.42. The van der Waals surface area contributed by atoms with Crippen molar-refractivity contribution in [2.45, 2.75) is 31.7 Å². The zero-order valence-corrected chi connectivity index (χ0v) is 13.1. The minimum absolute atomic E-state index is 0.0774. The van der Waals surface area contributed by atoms with E-state index < -0.39 is 21.9 Å². The molecule has 1 aromatic rings. The Bertz CT molecular complexity index is 615. The maximum absolute atomic E-state index is 13.2. The number of halogens is 1. The van der Waals surface area contributed by atoms with E-state index in [4.69, 9.17) is 5.73 Å². The average molecular weight is 317 g/mol. The third-order valence-corrected chi connectivity index (χ3v) is 4.64. The Hall–Kier alpha value is -1.67. The van der Waals surface area contributed by atoms with Gasteiger partial charge in [0, 0.05) is 13.1 Å². The summed E-state index contributed by atoms with van der Waals surface area (Å²) in [6, 6.07) is 2.10. The van der Waals surface area contributed by atoms with Crippen LogP contribution in [0.5, 0.6) is 0 Å². The van der Waals surface area contributed by atoms with Gasteiger partial charge in [-0.2, -0.15) is 4.72 Å². The molecular weight excluding hydrogens is 297 g/mol. The largest absolute Gasteiger partial charge is 0.398 e. The minimum Gasteiger partial charge on any atom is -0.398 e. The highest BCUT2D eigenvalue weighted by Crippen LogP contribution is 2.19. The molecule has 1 unspecified atom stereocenters. The summed E-state index contributed by atoms with van der Waals surface area (Å²) in [7, 11) is -4.07. The first-order valence-corrected chi connectivity index (χ1v) is 8.07. The van der Waals surface area contributed by atoms with Crippen LogP contribution < -0.4 is 10.5 Å². The van der Waals surface area contributed by atoms with Crippen molar-refractivity contribution in [2.24, 2.45) is 0 Å². The Balaban J connectivity index is 3.00. The van der Waals surface area contributed by atoms with Crippen molar-refractivity contribution in [3.8, 4) is 0 Å². The number of nitrogens with one attached hydrogen (secondary N) is 1. The second-order valence-electron chi connectivity index (χ2n) is 4.54. The number of amides is 1. The van der Waals surface area contributed by atoms with Gasteiger partial charge in [-0.05, 0) is 39.0 Å². The van der Waals surface area contributed by atoms with Crippen LogP contribution in [0.4, 0.5) is 10.1 Å². The van der Waals surface area contributed by atoms with E-state index in [1.165, 1.54) is 17.9 Å². The molecule has 21 heavy (non-hydrogen) atoms. The van der Waals surface area contributed by atoms with Crippen LogP contribution in [0.3, 0.4) is 0 Å². The molecular formula is C13H20FN3O3S. The fraction of sp³-hybridized carbons (Fsp3) is 0.462. The van der Waals surface area contributed by atoms with Crippen molar-refractivity contribution >= 4 is 21.6 Å². The second kappa shape index (κ2) is 6.86.